The van der Waals surface area contributed by atoms with Gasteiger partial charge in [0.25, 0.3) is 0 Å². The van der Waals surface area contributed by atoms with E-state index in [4.69, 9.17) is 10.5 Å². The van der Waals surface area contributed by atoms with Crippen molar-refractivity contribution in [2.75, 3.05) is 26.0 Å². The van der Waals surface area contributed by atoms with Gasteiger partial charge in [0, 0.05) is 25.2 Å². The van der Waals surface area contributed by atoms with Gasteiger partial charge >= 0.3 is 0 Å². The van der Waals surface area contributed by atoms with Crippen LogP contribution in [0.15, 0.2) is 0 Å². The molecule has 0 amide bonds. The lowest BCUT2D eigenvalue weighted by Gasteiger charge is -2.42. The Morgan fingerprint density at radius 1 is 1.18 bits per heavy atom. The summed E-state index contributed by atoms with van der Waals surface area (Å²) in [6.07, 6.45) is 5.74. The van der Waals surface area contributed by atoms with Crippen molar-refractivity contribution in [3.8, 4) is 0 Å². The maximum atomic E-state index is 11.6. The summed E-state index contributed by atoms with van der Waals surface area (Å²) in [5.41, 5.74) is 5.82. The van der Waals surface area contributed by atoms with Crippen LogP contribution in [0.5, 0.6) is 0 Å². The van der Waals surface area contributed by atoms with E-state index in [0.717, 1.165) is 32.1 Å². The molecule has 1 rings (SSSR count). The molecular formula is C16H34N2O3S. The molecule has 132 valence electrons. The van der Waals surface area contributed by atoms with Gasteiger partial charge in [0.2, 0.25) is 10.0 Å². The summed E-state index contributed by atoms with van der Waals surface area (Å²) in [5.74, 6) is 0.404. The van der Waals surface area contributed by atoms with Gasteiger partial charge in [0.05, 0.1) is 11.9 Å². The molecule has 2 N–H and O–H groups in total. The molecule has 1 aliphatic rings. The van der Waals surface area contributed by atoms with Crippen molar-refractivity contribution in [2.45, 2.75) is 70.9 Å². The van der Waals surface area contributed by atoms with Crippen molar-refractivity contribution >= 4 is 10.0 Å². The maximum Gasteiger partial charge on any atom is 0.211 e. The van der Waals surface area contributed by atoms with Gasteiger partial charge in [-0.1, -0.05) is 13.8 Å². The number of ether oxygens (including phenoxy) is 1. The van der Waals surface area contributed by atoms with E-state index < -0.39 is 10.0 Å². The molecule has 0 radical (unpaired) electrons. The second kappa shape index (κ2) is 7.60. The van der Waals surface area contributed by atoms with Crippen LogP contribution in [0.3, 0.4) is 0 Å². The van der Waals surface area contributed by atoms with E-state index in [1.807, 2.05) is 0 Å². The maximum absolute atomic E-state index is 11.6. The largest absolute Gasteiger partial charge is 0.375 e. The summed E-state index contributed by atoms with van der Waals surface area (Å²) in [6.45, 7) is 10.3. The van der Waals surface area contributed by atoms with Gasteiger partial charge in [-0.25, -0.2) is 12.7 Å². The Kier molecular flexibility index (Phi) is 6.87. The summed E-state index contributed by atoms with van der Waals surface area (Å²) >= 11 is 0. The van der Waals surface area contributed by atoms with E-state index in [-0.39, 0.29) is 11.1 Å². The number of hydrogen-bond donors (Lipinski definition) is 1. The molecular weight excluding hydrogens is 300 g/mol. The Hall–Kier alpha value is -0.170. The van der Waals surface area contributed by atoms with Crippen LogP contribution in [-0.2, 0) is 14.8 Å². The first kappa shape index (κ1) is 19.9. The van der Waals surface area contributed by atoms with Crippen molar-refractivity contribution in [2.24, 2.45) is 11.7 Å². The SMILES string of the molecule is CCC(C)(N)CCOC(C)(CC)C1CCN(S(C)(=O)=O)CC1. The Morgan fingerprint density at radius 3 is 2.14 bits per heavy atom. The highest BCUT2D eigenvalue weighted by atomic mass is 32.2. The summed E-state index contributed by atoms with van der Waals surface area (Å²) in [5, 5.41) is 0. The number of nitrogens with zero attached hydrogens (tertiary/aromatic N) is 1. The van der Waals surface area contributed by atoms with E-state index >= 15 is 0 Å². The second-order valence-electron chi connectivity index (χ2n) is 7.21. The second-order valence-corrected chi connectivity index (χ2v) is 9.19. The van der Waals surface area contributed by atoms with E-state index in [0.29, 0.717) is 25.6 Å². The molecule has 0 saturated carbocycles. The summed E-state index contributed by atoms with van der Waals surface area (Å²) in [7, 11) is -3.07. The highest BCUT2D eigenvalue weighted by Crippen LogP contribution is 2.34. The average Bonchev–Trinajstić information content (AvgIpc) is 2.46. The summed E-state index contributed by atoms with van der Waals surface area (Å²) in [4.78, 5) is 0. The van der Waals surface area contributed by atoms with E-state index in [2.05, 4.69) is 27.7 Å². The molecule has 5 nitrogen and oxygen atoms in total. The first-order chi connectivity index (χ1) is 10.0. The quantitative estimate of drug-likeness (QED) is 0.739. The predicted octanol–water partition coefficient (Wildman–Crippen LogP) is 2.36. The van der Waals surface area contributed by atoms with Gasteiger partial charge in [-0.3, -0.25) is 0 Å². The third-order valence-corrected chi connectivity index (χ3v) is 6.70. The molecule has 0 aromatic rings. The zero-order chi connectivity index (χ0) is 17.0. The van der Waals surface area contributed by atoms with Gasteiger partial charge in [-0.2, -0.15) is 0 Å². The van der Waals surface area contributed by atoms with Crippen LogP contribution in [0.2, 0.25) is 0 Å². The van der Waals surface area contributed by atoms with Crippen molar-refractivity contribution in [1.82, 2.24) is 4.31 Å². The van der Waals surface area contributed by atoms with Gasteiger partial charge < -0.3 is 10.5 Å². The van der Waals surface area contributed by atoms with E-state index in [1.165, 1.54) is 6.26 Å². The molecule has 0 aromatic heterocycles. The lowest BCUT2D eigenvalue weighted by molar-refractivity contribution is -0.0918. The molecule has 2 atom stereocenters. The number of nitrogens with two attached hydrogens (primary N) is 1. The van der Waals surface area contributed by atoms with Crippen molar-refractivity contribution < 1.29 is 13.2 Å². The molecule has 0 spiro atoms. The first-order valence-corrected chi connectivity index (χ1v) is 10.3. The highest BCUT2D eigenvalue weighted by Gasteiger charge is 2.37. The summed E-state index contributed by atoms with van der Waals surface area (Å²) in [6, 6.07) is 0. The molecule has 1 aliphatic heterocycles. The minimum Gasteiger partial charge on any atom is -0.375 e. The molecule has 1 fully saturated rings. The minimum atomic E-state index is -3.07. The zero-order valence-electron chi connectivity index (χ0n) is 14.9. The number of hydrogen-bond acceptors (Lipinski definition) is 4. The standard InChI is InChI=1S/C16H34N2O3S/c1-6-15(3,17)10-13-21-16(4,7-2)14-8-11-18(12-9-14)22(5,19)20/h14H,6-13,17H2,1-5H3. The zero-order valence-corrected chi connectivity index (χ0v) is 15.7. The Balaban J connectivity index is 2.56. The van der Waals surface area contributed by atoms with Crippen LogP contribution >= 0.6 is 0 Å². The van der Waals surface area contributed by atoms with E-state index in [9.17, 15) is 8.42 Å². The predicted molar refractivity (Wildman–Crippen MR) is 91.3 cm³/mol. The molecule has 6 heteroatoms. The lowest BCUT2D eigenvalue weighted by Crippen LogP contribution is -2.47. The smallest absolute Gasteiger partial charge is 0.211 e. The van der Waals surface area contributed by atoms with Crippen molar-refractivity contribution in [3.63, 3.8) is 0 Å². The topological polar surface area (TPSA) is 72.6 Å². The fourth-order valence-electron chi connectivity index (χ4n) is 3.00. The molecule has 1 heterocycles. The van der Waals surface area contributed by atoms with Gasteiger partial charge in [-0.05, 0) is 51.9 Å². The van der Waals surface area contributed by atoms with E-state index in [1.54, 1.807) is 4.31 Å². The van der Waals surface area contributed by atoms with Crippen molar-refractivity contribution in [1.29, 1.82) is 0 Å². The lowest BCUT2D eigenvalue weighted by atomic mass is 9.80. The van der Waals surface area contributed by atoms with Crippen molar-refractivity contribution in [3.05, 3.63) is 0 Å². The van der Waals surface area contributed by atoms with Crippen LogP contribution < -0.4 is 5.73 Å². The molecule has 22 heavy (non-hydrogen) atoms. The van der Waals surface area contributed by atoms with Crippen LogP contribution in [-0.4, -0.2) is 49.8 Å². The molecule has 0 aromatic carbocycles. The number of rotatable bonds is 8. The third kappa shape index (κ3) is 5.48. The minimum absolute atomic E-state index is 0.172. The third-order valence-electron chi connectivity index (χ3n) is 5.40. The monoisotopic (exact) mass is 334 g/mol. The average molecular weight is 335 g/mol. The highest BCUT2D eigenvalue weighted by molar-refractivity contribution is 7.88. The first-order valence-electron chi connectivity index (χ1n) is 8.42. The van der Waals surface area contributed by atoms with Crippen LogP contribution in [0.1, 0.15) is 59.8 Å². The van der Waals surface area contributed by atoms with Crippen LogP contribution in [0, 0.1) is 5.92 Å². The fraction of sp³-hybridized carbons (Fsp3) is 1.00. The van der Waals surface area contributed by atoms with Gasteiger partial charge in [0.15, 0.2) is 0 Å². The van der Waals surface area contributed by atoms with Crippen LogP contribution in [0.4, 0.5) is 0 Å². The van der Waals surface area contributed by atoms with Gasteiger partial charge in [0.1, 0.15) is 0 Å². The van der Waals surface area contributed by atoms with Crippen LogP contribution in [0.25, 0.3) is 0 Å². The molecule has 0 aliphatic carbocycles. The Labute approximate surface area is 136 Å². The molecule has 2 unspecified atom stereocenters. The molecule has 0 bridgehead atoms. The number of piperidine rings is 1. The Bertz CT molecular complexity index is 442. The Morgan fingerprint density at radius 2 is 1.73 bits per heavy atom. The normalized spacial score (nSPS) is 23.9. The van der Waals surface area contributed by atoms with Gasteiger partial charge in [-0.15, -0.1) is 0 Å². The molecule has 1 saturated heterocycles. The number of sulfonamides is 1. The fourth-order valence-corrected chi connectivity index (χ4v) is 3.87. The summed E-state index contributed by atoms with van der Waals surface area (Å²) < 4.78 is 31.0.